The number of hydrogen-bond donors (Lipinski definition) is 0. The smallest absolute Gasteiger partial charge is 0.173 e. The Hall–Kier alpha value is -1.16. The third kappa shape index (κ3) is 1.90. The van der Waals surface area contributed by atoms with Crippen molar-refractivity contribution in [3.63, 3.8) is 0 Å². The van der Waals surface area contributed by atoms with Gasteiger partial charge in [-0.05, 0) is 23.6 Å². The Bertz CT molecular complexity index is 694. The lowest BCUT2D eigenvalue weighted by atomic mass is 10.2. The second-order valence-electron chi connectivity index (χ2n) is 3.45. The number of halogens is 2. The van der Waals surface area contributed by atoms with Crippen molar-refractivity contribution in [3.8, 4) is 10.7 Å². The second kappa shape index (κ2) is 4.26. The largest absolute Gasteiger partial charge is 0.227 e. The lowest BCUT2D eigenvalue weighted by Gasteiger charge is -2.02. The lowest BCUT2D eigenvalue weighted by molar-refractivity contribution is 1.24. The van der Waals surface area contributed by atoms with Gasteiger partial charge in [0.2, 0.25) is 0 Å². The van der Waals surface area contributed by atoms with Crippen LogP contribution in [0.4, 0.5) is 0 Å². The van der Waals surface area contributed by atoms with Gasteiger partial charge in [-0.3, -0.25) is 0 Å². The summed E-state index contributed by atoms with van der Waals surface area (Å²) in [6, 6.07) is 9.47. The number of rotatable bonds is 1. The van der Waals surface area contributed by atoms with Gasteiger partial charge < -0.3 is 0 Å². The summed E-state index contributed by atoms with van der Waals surface area (Å²) < 4.78 is 0. The van der Waals surface area contributed by atoms with Crippen LogP contribution in [0.15, 0.2) is 35.7 Å². The topological polar surface area (TPSA) is 25.8 Å². The molecule has 0 aliphatic carbocycles. The van der Waals surface area contributed by atoms with Crippen molar-refractivity contribution in [2.24, 2.45) is 0 Å². The Morgan fingerprint density at radius 2 is 1.82 bits per heavy atom. The van der Waals surface area contributed by atoms with Gasteiger partial charge in [0.1, 0.15) is 5.15 Å². The summed E-state index contributed by atoms with van der Waals surface area (Å²) in [5.41, 5.74) is 0.826. The quantitative estimate of drug-likeness (QED) is 0.606. The Morgan fingerprint density at radius 1 is 1.00 bits per heavy atom. The minimum absolute atomic E-state index is 0.454. The number of nitrogens with zero attached hydrogens (tertiary/aromatic N) is 2. The van der Waals surface area contributed by atoms with Gasteiger partial charge in [0.05, 0.1) is 15.4 Å². The van der Waals surface area contributed by atoms with E-state index in [0.29, 0.717) is 16.0 Å². The highest BCUT2D eigenvalue weighted by molar-refractivity contribution is 7.14. The van der Waals surface area contributed by atoms with E-state index in [-0.39, 0.29) is 0 Å². The van der Waals surface area contributed by atoms with Crippen LogP contribution in [0, 0.1) is 0 Å². The summed E-state index contributed by atoms with van der Waals surface area (Å²) in [5, 5.41) is 3.87. The molecule has 0 fully saturated rings. The van der Waals surface area contributed by atoms with Crippen LogP contribution in [0.5, 0.6) is 0 Å². The minimum atomic E-state index is 0.454. The van der Waals surface area contributed by atoms with Gasteiger partial charge in [0.25, 0.3) is 0 Å². The molecule has 0 aliphatic rings. The Labute approximate surface area is 112 Å². The summed E-state index contributed by atoms with van der Waals surface area (Å²) in [5.74, 6) is 0.578. The van der Waals surface area contributed by atoms with Crippen LogP contribution in [0.25, 0.3) is 21.6 Å². The summed E-state index contributed by atoms with van der Waals surface area (Å²) in [6.45, 7) is 0. The van der Waals surface area contributed by atoms with Crippen LogP contribution < -0.4 is 0 Å². The zero-order valence-electron chi connectivity index (χ0n) is 8.52. The summed E-state index contributed by atoms with van der Waals surface area (Å²) in [4.78, 5) is 9.60. The molecule has 0 saturated heterocycles. The number of fused-ring (bicyclic) bond motifs is 1. The molecule has 0 spiro atoms. The zero-order valence-corrected chi connectivity index (χ0v) is 10.9. The molecule has 3 aromatic rings. The summed E-state index contributed by atoms with van der Waals surface area (Å²) >= 11 is 13.7. The van der Waals surface area contributed by atoms with Crippen LogP contribution in [-0.2, 0) is 0 Å². The fourth-order valence-electron chi connectivity index (χ4n) is 1.59. The Balaban J connectivity index is 2.29. The first kappa shape index (κ1) is 11.0. The standard InChI is InChI=1S/C12H6Cl2N2S/c13-8-5-6-17-10(8)12-15-9-4-2-1-3-7(9)11(14)16-12/h1-6H. The van der Waals surface area contributed by atoms with E-state index in [0.717, 1.165) is 15.8 Å². The van der Waals surface area contributed by atoms with E-state index in [1.54, 1.807) is 0 Å². The van der Waals surface area contributed by atoms with E-state index < -0.39 is 0 Å². The highest BCUT2D eigenvalue weighted by Crippen LogP contribution is 2.33. The molecule has 0 unspecified atom stereocenters. The highest BCUT2D eigenvalue weighted by atomic mass is 35.5. The molecule has 2 heterocycles. The summed E-state index contributed by atoms with van der Waals surface area (Å²) in [6.07, 6.45) is 0. The number of benzene rings is 1. The molecule has 5 heteroatoms. The molecule has 1 aromatic carbocycles. The predicted molar refractivity (Wildman–Crippen MR) is 72.9 cm³/mol. The molecule has 0 N–H and O–H groups in total. The van der Waals surface area contributed by atoms with Crippen molar-refractivity contribution in [3.05, 3.63) is 45.9 Å². The van der Waals surface area contributed by atoms with Crippen LogP contribution in [0.1, 0.15) is 0 Å². The van der Waals surface area contributed by atoms with Gasteiger partial charge in [-0.15, -0.1) is 11.3 Å². The second-order valence-corrected chi connectivity index (χ2v) is 5.13. The SMILES string of the molecule is Clc1ccsc1-c1nc(Cl)c2ccccc2n1. The molecule has 0 bridgehead atoms. The van der Waals surface area contributed by atoms with E-state index in [4.69, 9.17) is 23.2 Å². The molecule has 17 heavy (non-hydrogen) atoms. The molecule has 2 nitrogen and oxygen atoms in total. The first-order valence-corrected chi connectivity index (χ1v) is 6.55. The first-order valence-electron chi connectivity index (χ1n) is 4.91. The highest BCUT2D eigenvalue weighted by Gasteiger charge is 2.11. The van der Waals surface area contributed by atoms with E-state index in [2.05, 4.69) is 9.97 Å². The van der Waals surface area contributed by atoms with E-state index in [1.165, 1.54) is 11.3 Å². The zero-order chi connectivity index (χ0) is 11.8. The third-order valence-corrected chi connectivity index (χ3v) is 4.00. The maximum atomic E-state index is 6.14. The van der Waals surface area contributed by atoms with Crippen LogP contribution in [0.3, 0.4) is 0 Å². The van der Waals surface area contributed by atoms with Crippen molar-refractivity contribution < 1.29 is 0 Å². The lowest BCUT2D eigenvalue weighted by Crippen LogP contribution is -1.90. The fraction of sp³-hybridized carbons (Fsp3) is 0. The van der Waals surface area contributed by atoms with Crippen molar-refractivity contribution in [1.29, 1.82) is 0 Å². The molecule has 0 aliphatic heterocycles. The van der Waals surface area contributed by atoms with Crippen molar-refractivity contribution in [2.45, 2.75) is 0 Å². The fourth-order valence-corrected chi connectivity index (χ4v) is 2.91. The van der Waals surface area contributed by atoms with E-state index >= 15 is 0 Å². The minimum Gasteiger partial charge on any atom is -0.227 e. The molecule has 0 radical (unpaired) electrons. The van der Waals surface area contributed by atoms with Gasteiger partial charge in [-0.1, -0.05) is 35.3 Å². The first-order chi connectivity index (χ1) is 8.25. The maximum Gasteiger partial charge on any atom is 0.173 e. The predicted octanol–water partition coefficient (Wildman–Crippen LogP) is 4.67. The molecular weight excluding hydrogens is 275 g/mol. The number of para-hydroxylation sites is 1. The summed E-state index contributed by atoms with van der Waals surface area (Å²) in [7, 11) is 0. The van der Waals surface area contributed by atoms with Crippen LogP contribution in [0.2, 0.25) is 10.2 Å². The molecule has 0 amide bonds. The van der Waals surface area contributed by atoms with Gasteiger partial charge in [-0.2, -0.15) is 0 Å². The third-order valence-electron chi connectivity index (χ3n) is 2.38. The Kier molecular flexibility index (Phi) is 2.74. The van der Waals surface area contributed by atoms with Crippen molar-refractivity contribution in [1.82, 2.24) is 9.97 Å². The maximum absolute atomic E-state index is 6.14. The monoisotopic (exact) mass is 280 g/mol. The number of aromatic nitrogens is 2. The van der Waals surface area contributed by atoms with Crippen LogP contribution >= 0.6 is 34.5 Å². The average molecular weight is 281 g/mol. The number of hydrogen-bond acceptors (Lipinski definition) is 3. The van der Waals surface area contributed by atoms with Gasteiger partial charge in [0, 0.05) is 5.39 Å². The average Bonchev–Trinajstić information content (AvgIpc) is 2.75. The van der Waals surface area contributed by atoms with Gasteiger partial charge in [0.15, 0.2) is 5.82 Å². The molecule has 84 valence electrons. The van der Waals surface area contributed by atoms with Gasteiger partial charge >= 0.3 is 0 Å². The molecule has 3 rings (SSSR count). The van der Waals surface area contributed by atoms with E-state index in [1.807, 2.05) is 35.7 Å². The van der Waals surface area contributed by atoms with Crippen molar-refractivity contribution in [2.75, 3.05) is 0 Å². The van der Waals surface area contributed by atoms with Gasteiger partial charge in [-0.25, -0.2) is 9.97 Å². The normalized spacial score (nSPS) is 10.9. The molecule has 2 aromatic heterocycles. The molecular formula is C12H6Cl2N2S. The Morgan fingerprint density at radius 3 is 2.59 bits per heavy atom. The van der Waals surface area contributed by atoms with Crippen LogP contribution in [-0.4, -0.2) is 9.97 Å². The van der Waals surface area contributed by atoms with E-state index in [9.17, 15) is 0 Å². The molecule has 0 atom stereocenters. The number of thiophene rings is 1. The molecule has 0 saturated carbocycles. The van der Waals surface area contributed by atoms with Crippen molar-refractivity contribution >= 4 is 45.4 Å².